The Labute approximate surface area is 126 Å². The highest BCUT2D eigenvalue weighted by Crippen LogP contribution is 2.37. The van der Waals surface area contributed by atoms with Crippen molar-refractivity contribution >= 4 is 17.3 Å². The van der Waals surface area contributed by atoms with Crippen LogP contribution in [-0.4, -0.2) is 22.9 Å². The van der Waals surface area contributed by atoms with Gasteiger partial charge in [-0.25, -0.2) is 9.78 Å². The van der Waals surface area contributed by atoms with Crippen LogP contribution in [0.1, 0.15) is 29.2 Å². The maximum atomic E-state index is 11.4. The second-order valence-electron chi connectivity index (χ2n) is 5.27. The molecule has 1 N–H and O–H groups in total. The predicted molar refractivity (Wildman–Crippen MR) is 79.2 cm³/mol. The van der Waals surface area contributed by atoms with E-state index in [2.05, 4.69) is 4.98 Å². The molecule has 0 fully saturated rings. The fourth-order valence-corrected chi connectivity index (χ4v) is 3.13. The summed E-state index contributed by atoms with van der Waals surface area (Å²) in [6, 6.07) is 5.53. The summed E-state index contributed by atoms with van der Waals surface area (Å²) in [7, 11) is 0. The van der Waals surface area contributed by atoms with Crippen LogP contribution in [0.15, 0.2) is 18.2 Å². The van der Waals surface area contributed by atoms with Crippen LogP contribution in [0.2, 0.25) is 0 Å². The van der Waals surface area contributed by atoms with E-state index in [0.29, 0.717) is 39.4 Å². The number of aromatic nitrogens is 1. The van der Waals surface area contributed by atoms with E-state index in [0.717, 1.165) is 5.56 Å². The van der Waals surface area contributed by atoms with Gasteiger partial charge in [0.05, 0.1) is 5.69 Å². The third kappa shape index (κ3) is 2.71. The first kappa shape index (κ1) is 13.9. The molecule has 0 aliphatic carbocycles. The predicted octanol–water partition coefficient (Wildman–Crippen LogP) is 3.44. The van der Waals surface area contributed by atoms with Gasteiger partial charge in [-0.1, -0.05) is 13.8 Å². The van der Waals surface area contributed by atoms with Crippen LogP contribution in [0.5, 0.6) is 11.5 Å². The highest BCUT2D eigenvalue weighted by Gasteiger charge is 2.20. The summed E-state index contributed by atoms with van der Waals surface area (Å²) in [6.07, 6.45) is 0.655. The lowest BCUT2D eigenvalue weighted by molar-refractivity contribution is 0.0700. The molecule has 5 nitrogen and oxygen atoms in total. The number of hydrogen-bond acceptors (Lipinski definition) is 5. The molecule has 1 aromatic carbocycles. The van der Waals surface area contributed by atoms with Crippen LogP contribution in [0.25, 0.3) is 10.6 Å². The summed E-state index contributed by atoms with van der Waals surface area (Å²) >= 11 is 1.20. The second-order valence-corrected chi connectivity index (χ2v) is 6.27. The minimum atomic E-state index is -0.921. The molecule has 0 atom stereocenters. The van der Waals surface area contributed by atoms with Crippen molar-refractivity contribution in [1.82, 2.24) is 4.98 Å². The van der Waals surface area contributed by atoms with Gasteiger partial charge in [-0.05, 0) is 30.5 Å². The summed E-state index contributed by atoms with van der Waals surface area (Å²) in [6.45, 7) is 4.31. The summed E-state index contributed by atoms with van der Waals surface area (Å²) in [4.78, 5) is 16.2. The van der Waals surface area contributed by atoms with E-state index in [9.17, 15) is 9.90 Å². The molecule has 0 saturated heterocycles. The number of fused-ring (bicyclic) bond motifs is 1. The Hall–Kier alpha value is -2.08. The fourth-order valence-electron chi connectivity index (χ4n) is 2.20. The first-order valence-corrected chi connectivity index (χ1v) is 7.49. The van der Waals surface area contributed by atoms with E-state index in [1.807, 2.05) is 32.0 Å². The van der Waals surface area contributed by atoms with Gasteiger partial charge in [-0.15, -0.1) is 11.3 Å². The first-order chi connectivity index (χ1) is 10.0. The summed E-state index contributed by atoms with van der Waals surface area (Å²) < 4.78 is 10.6. The molecule has 110 valence electrons. The normalized spacial score (nSPS) is 12.9. The van der Waals surface area contributed by atoms with E-state index in [1.165, 1.54) is 11.3 Å². The molecule has 0 bridgehead atoms. The number of rotatable bonds is 4. The molecule has 1 aliphatic heterocycles. The first-order valence-electron chi connectivity index (χ1n) is 6.67. The van der Waals surface area contributed by atoms with Gasteiger partial charge in [0, 0.05) is 5.56 Å². The van der Waals surface area contributed by atoms with Crippen LogP contribution < -0.4 is 9.47 Å². The second kappa shape index (κ2) is 5.37. The third-order valence-corrected chi connectivity index (χ3v) is 4.25. The molecular weight excluding hydrogens is 290 g/mol. The maximum absolute atomic E-state index is 11.4. The molecule has 21 heavy (non-hydrogen) atoms. The number of ether oxygens (including phenoxy) is 2. The molecule has 2 heterocycles. The van der Waals surface area contributed by atoms with Crippen molar-refractivity contribution in [3.05, 3.63) is 28.8 Å². The molecule has 0 saturated carbocycles. The number of nitrogens with zero attached hydrogens (tertiary/aromatic N) is 1. The molecule has 6 heteroatoms. The van der Waals surface area contributed by atoms with E-state index in [1.54, 1.807) is 0 Å². The largest absolute Gasteiger partial charge is 0.477 e. The van der Waals surface area contributed by atoms with E-state index >= 15 is 0 Å². The Kier molecular flexibility index (Phi) is 3.55. The summed E-state index contributed by atoms with van der Waals surface area (Å²) in [5.41, 5.74) is 1.50. The zero-order valence-corrected chi connectivity index (χ0v) is 12.6. The van der Waals surface area contributed by atoms with Gasteiger partial charge in [-0.3, -0.25) is 0 Å². The van der Waals surface area contributed by atoms with Crippen LogP contribution in [0, 0.1) is 5.92 Å². The quantitative estimate of drug-likeness (QED) is 0.937. The monoisotopic (exact) mass is 305 g/mol. The number of thiazole rings is 1. The van der Waals surface area contributed by atoms with Crippen molar-refractivity contribution in [2.24, 2.45) is 5.92 Å². The van der Waals surface area contributed by atoms with Gasteiger partial charge in [-0.2, -0.15) is 0 Å². The number of carboxylic acid groups (broad SMARTS) is 1. The van der Waals surface area contributed by atoms with Crippen molar-refractivity contribution < 1.29 is 19.4 Å². The lowest BCUT2D eigenvalue weighted by Crippen LogP contribution is -2.02. The standard InChI is InChI=1S/C15H15NO4S/c1-8(2)5-10-13(15(17)18)21-14(16-10)9-3-4-11-12(6-9)20-7-19-11/h3-4,6,8H,5,7H2,1-2H3,(H,17,18). The van der Waals surface area contributed by atoms with Crippen molar-refractivity contribution in [2.75, 3.05) is 6.79 Å². The van der Waals surface area contributed by atoms with Crippen LogP contribution >= 0.6 is 11.3 Å². The summed E-state index contributed by atoms with van der Waals surface area (Å²) in [5.74, 6) is 0.811. The topological polar surface area (TPSA) is 68.7 Å². The lowest BCUT2D eigenvalue weighted by atomic mass is 10.1. The van der Waals surface area contributed by atoms with E-state index in [4.69, 9.17) is 9.47 Å². The maximum Gasteiger partial charge on any atom is 0.347 e. The van der Waals surface area contributed by atoms with Crippen molar-refractivity contribution in [3.8, 4) is 22.1 Å². The zero-order valence-electron chi connectivity index (χ0n) is 11.8. The Bertz CT molecular complexity index is 693. The molecule has 1 aromatic heterocycles. The Balaban J connectivity index is 2.00. The molecule has 0 radical (unpaired) electrons. The Morgan fingerprint density at radius 3 is 2.86 bits per heavy atom. The molecular formula is C15H15NO4S. The van der Waals surface area contributed by atoms with E-state index < -0.39 is 5.97 Å². The van der Waals surface area contributed by atoms with Gasteiger partial charge in [0.25, 0.3) is 0 Å². The molecule has 2 aromatic rings. The molecule has 0 spiro atoms. The molecule has 1 aliphatic rings. The average molecular weight is 305 g/mol. The SMILES string of the molecule is CC(C)Cc1nc(-c2ccc3c(c2)OCO3)sc1C(=O)O. The third-order valence-electron chi connectivity index (χ3n) is 3.11. The molecule has 0 unspecified atom stereocenters. The Morgan fingerprint density at radius 2 is 2.14 bits per heavy atom. The molecule has 3 rings (SSSR count). The highest BCUT2D eigenvalue weighted by atomic mass is 32.1. The van der Waals surface area contributed by atoms with Crippen molar-refractivity contribution in [1.29, 1.82) is 0 Å². The fraction of sp³-hybridized carbons (Fsp3) is 0.333. The van der Waals surface area contributed by atoms with Crippen molar-refractivity contribution in [2.45, 2.75) is 20.3 Å². The van der Waals surface area contributed by atoms with Gasteiger partial charge < -0.3 is 14.6 Å². The number of carbonyl (C=O) groups is 1. The van der Waals surface area contributed by atoms with E-state index in [-0.39, 0.29) is 6.79 Å². The van der Waals surface area contributed by atoms with Gasteiger partial charge in [0.2, 0.25) is 6.79 Å². The Morgan fingerprint density at radius 1 is 1.38 bits per heavy atom. The van der Waals surface area contributed by atoms with Gasteiger partial charge in [0.15, 0.2) is 11.5 Å². The number of hydrogen-bond donors (Lipinski definition) is 1. The highest BCUT2D eigenvalue weighted by molar-refractivity contribution is 7.17. The minimum Gasteiger partial charge on any atom is -0.477 e. The number of benzene rings is 1. The minimum absolute atomic E-state index is 0.218. The number of carboxylic acids is 1. The van der Waals surface area contributed by atoms with Crippen LogP contribution in [-0.2, 0) is 6.42 Å². The van der Waals surface area contributed by atoms with Crippen LogP contribution in [0.3, 0.4) is 0 Å². The van der Waals surface area contributed by atoms with Gasteiger partial charge >= 0.3 is 5.97 Å². The zero-order chi connectivity index (χ0) is 15.0. The average Bonchev–Trinajstić information content (AvgIpc) is 3.03. The summed E-state index contributed by atoms with van der Waals surface area (Å²) in [5, 5.41) is 10.0. The molecule has 0 amide bonds. The van der Waals surface area contributed by atoms with Crippen LogP contribution in [0.4, 0.5) is 0 Å². The van der Waals surface area contributed by atoms with Crippen molar-refractivity contribution in [3.63, 3.8) is 0 Å². The van der Waals surface area contributed by atoms with Gasteiger partial charge in [0.1, 0.15) is 9.88 Å². The lowest BCUT2D eigenvalue weighted by Gasteiger charge is -2.01. The smallest absolute Gasteiger partial charge is 0.347 e. The number of aromatic carboxylic acids is 1.